The molecule has 0 aliphatic heterocycles. The van der Waals surface area contributed by atoms with Crippen LogP contribution in [0.2, 0.25) is 0 Å². The minimum atomic E-state index is -0.0517. The predicted octanol–water partition coefficient (Wildman–Crippen LogP) is 2.78. The van der Waals surface area contributed by atoms with E-state index in [1.54, 1.807) is 14.2 Å². The van der Waals surface area contributed by atoms with Crippen molar-refractivity contribution in [3.05, 3.63) is 40.6 Å². The van der Waals surface area contributed by atoms with Crippen molar-refractivity contribution in [3.63, 3.8) is 0 Å². The zero-order valence-corrected chi connectivity index (χ0v) is 10.5. The fourth-order valence-electron chi connectivity index (χ4n) is 1.53. The van der Waals surface area contributed by atoms with E-state index in [0.717, 1.165) is 16.9 Å². The summed E-state index contributed by atoms with van der Waals surface area (Å²) < 4.78 is 5.18. The van der Waals surface area contributed by atoms with E-state index in [-0.39, 0.29) is 5.91 Å². The van der Waals surface area contributed by atoms with E-state index in [1.165, 1.54) is 11.3 Å². The van der Waals surface area contributed by atoms with Gasteiger partial charge in [0.15, 0.2) is 0 Å². The van der Waals surface area contributed by atoms with Crippen molar-refractivity contribution in [1.29, 1.82) is 0 Å². The van der Waals surface area contributed by atoms with E-state index in [2.05, 4.69) is 5.32 Å². The van der Waals surface area contributed by atoms with E-state index < -0.39 is 0 Å². The molecule has 0 fully saturated rings. The first-order valence-corrected chi connectivity index (χ1v) is 6.07. The van der Waals surface area contributed by atoms with E-state index in [9.17, 15) is 4.79 Å². The number of hydrogen-bond donors (Lipinski definition) is 1. The third kappa shape index (κ3) is 2.47. The molecule has 0 saturated heterocycles. The topological polar surface area (TPSA) is 38.3 Å². The second kappa shape index (κ2) is 5.01. The van der Waals surface area contributed by atoms with E-state index in [0.29, 0.717) is 4.88 Å². The molecule has 88 valence electrons. The Bertz CT molecular complexity index is 534. The number of thiophene rings is 1. The number of rotatable bonds is 3. The molecular formula is C13H13NO2S. The lowest BCUT2D eigenvalue weighted by molar-refractivity contribution is 0.0967. The Morgan fingerprint density at radius 2 is 2.12 bits per heavy atom. The quantitative estimate of drug-likeness (QED) is 0.905. The van der Waals surface area contributed by atoms with Gasteiger partial charge in [0.2, 0.25) is 0 Å². The van der Waals surface area contributed by atoms with Gasteiger partial charge in [-0.3, -0.25) is 4.79 Å². The number of methoxy groups -OCH3 is 1. The molecular weight excluding hydrogens is 234 g/mol. The lowest BCUT2D eigenvalue weighted by atomic mass is 10.1. The lowest BCUT2D eigenvalue weighted by Crippen LogP contribution is -2.15. The number of benzene rings is 1. The maximum absolute atomic E-state index is 11.5. The summed E-state index contributed by atoms with van der Waals surface area (Å²) in [6.45, 7) is 0. The van der Waals surface area contributed by atoms with Gasteiger partial charge in [0, 0.05) is 7.05 Å². The summed E-state index contributed by atoms with van der Waals surface area (Å²) in [4.78, 5) is 12.2. The van der Waals surface area contributed by atoms with Gasteiger partial charge in [-0.05, 0) is 34.7 Å². The summed E-state index contributed by atoms with van der Waals surface area (Å²) >= 11 is 1.44. The molecule has 1 heterocycles. The Kier molecular flexibility index (Phi) is 3.44. The third-order valence-electron chi connectivity index (χ3n) is 2.45. The van der Waals surface area contributed by atoms with E-state index in [4.69, 9.17) is 4.74 Å². The molecule has 0 aliphatic carbocycles. The summed E-state index contributed by atoms with van der Waals surface area (Å²) in [6.07, 6.45) is 0. The zero-order chi connectivity index (χ0) is 12.3. The first-order valence-electron chi connectivity index (χ1n) is 5.19. The van der Waals surface area contributed by atoms with Crippen LogP contribution in [-0.4, -0.2) is 20.1 Å². The highest BCUT2D eigenvalue weighted by atomic mass is 32.1. The van der Waals surface area contributed by atoms with Gasteiger partial charge in [0.05, 0.1) is 12.0 Å². The van der Waals surface area contributed by atoms with E-state index >= 15 is 0 Å². The average Bonchev–Trinajstić information content (AvgIpc) is 2.87. The Morgan fingerprint density at radius 3 is 2.82 bits per heavy atom. The second-order valence-electron chi connectivity index (χ2n) is 3.51. The van der Waals surface area contributed by atoms with Crippen molar-refractivity contribution in [1.82, 2.24) is 5.32 Å². The number of carbonyl (C=O) groups excluding carboxylic acids is 1. The van der Waals surface area contributed by atoms with Crippen LogP contribution in [-0.2, 0) is 0 Å². The third-order valence-corrected chi connectivity index (χ3v) is 3.38. The van der Waals surface area contributed by atoms with Crippen LogP contribution >= 0.6 is 11.3 Å². The van der Waals surface area contributed by atoms with Gasteiger partial charge in [-0.2, -0.15) is 0 Å². The first-order chi connectivity index (χ1) is 8.24. The molecule has 1 aromatic heterocycles. The highest BCUT2D eigenvalue weighted by molar-refractivity contribution is 7.12. The van der Waals surface area contributed by atoms with Gasteiger partial charge in [-0.1, -0.05) is 12.1 Å². The van der Waals surface area contributed by atoms with Gasteiger partial charge < -0.3 is 10.1 Å². The molecule has 0 atom stereocenters. The smallest absolute Gasteiger partial charge is 0.261 e. The van der Waals surface area contributed by atoms with Crippen LogP contribution in [0.25, 0.3) is 11.1 Å². The minimum Gasteiger partial charge on any atom is -0.497 e. The predicted molar refractivity (Wildman–Crippen MR) is 69.7 cm³/mol. The molecule has 0 aliphatic rings. The van der Waals surface area contributed by atoms with Crippen LogP contribution < -0.4 is 10.1 Å². The standard InChI is InChI=1S/C13H13NO2S/c1-14-13(15)12-7-10(8-17-12)9-4-3-5-11(6-9)16-2/h3-8H,1-2H3,(H,14,15). The number of hydrogen-bond acceptors (Lipinski definition) is 3. The largest absolute Gasteiger partial charge is 0.497 e. The summed E-state index contributed by atoms with van der Waals surface area (Å²) in [5.41, 5.74) is 2.09. The maximum atomic E-state index is 11.5. The molecule has 0 spiro atoms. The molecule has 3 nitrogen and oxygen atoms in total. The highest BCUT2D eigenvalue weighted by Crippen LogP contribution is 2.28. The molecule has 1 aromatic carbocycles. The lowest BCUT2D eigenvalue weighted by Gasteiger charge is -2.02. The molecule has 1 amide bonds. The van der Waals surface area contributed by atoms with E-state index in [1.807, 2.05) is 35.7 Å². The average molecular weight is 247 g/mol. The molecule has 4 heteroatoms. The monoisotopic (exact) mass is 247 g/mol. The molecule has 2 rings (SSSR count). The van der Waals surface area contributed by atoms with Crippen LogP contribution in [0.5, 0.6) is 5.75 Å². The summed E-state index contributed by atoms with van der Waals surface area (Å²) in [6, 6.07) is 9.67. The fourth-order valence-corrected chi connectivity index (χ4v) is 2.39. The molecule has 0 bridgehead atoms. The van der Waals surface area contributed by atoms with Crippen LogP contribution in [0.3, 0.4) is 0 Å². The molecule has 1 N–H and O–H groups in total. The van der Waals surface area contributed by atoms with Crippen molar-refractivity contribution in [3.8, 4) is 16.9 Å². The van der Waals surface area contributed by atoms with Crippen molar-refractivity contribution in [2.24, 2.45) is 0 Å². The zero-order valence-electron chi connectivity index (χ0n) is 9.69. The number of nitrogens with one attached hydrogen (secondary N) is 1. The van der Waals surface area contributed by atoms with Gasteiger partial charge in [-0.15, -0.1) is 11.3 Å². The van der Waals surface area contributed by atoms with Crippen LogP contribution in [0.4, 0.5) is 0 Å². The number of amides is 1. The van der Waals surface area contributed by atoms with Crippen LogP contribution in [0.1, 0.15) is 9.67 Å². The van der Waals surface area contributed by atoms with Gasteiger partial charge in [0.1, 0.15) is 5.75 Å². The summed E-state index contributed by atoms with van der Waals surface area (Å²) in [5, 5.41) is 4.59. The SMILES string of the molecule is CNC(=O)c1cc(-c2cccc(OC)c2)cs1. The maximum Gasteiger partial charge on any atom is 0.261 e. The van der Waals surface area contributed by atoms with Crippen molar-refractivity contribution < 1.29 is 9.53 Å². The fraction of sp³-hybridized carbons (Fsp3) is 0.154. The molecule has 0 saturated carbocycles. The number of ether oxygens (including phenoxy) is 1. The summed E-state index contributed by atoms with van der Waals surface area (Å²) in [5.74, 6) is 0.763. The second-order valence-corrected chi connectivity index (χ2v) is 4.42. The van der Waals surface area contributed by atoms with Crippen molar-refractivity contribution in [2.45, 2.75) is 0 Å². The van der Waals surface area contributed by atoms with Gasteiger partial charge in [0.25, 0.3) is 5.91 Å². The Labute approximate surface area is 104 Å². The van der Waals surface area contributed by atoms with Crippen molar-refractivity contribution >= 4 is 17.2 Å². The Morgan fingerprint density at radius 1 is 1.29 bits per heavy atom. The molecule has 17 heavy (non-hydrogen) atoms. The van der Waals surface area contributed by atoms with Crippen LogP contribution in [0.15, 0.2) is 35.7 Å². The Hall–Kier alpha value is -1.81. The van der Waals surface area contributed by atoms with Crippen LogP contribution in [0, 0.1) is 0 Å². The van der Waals surface area contributed by atoms with Crippen molar-refractivity contribution in [2.75, 3.05) is 14.2 Å². The minimum absolute atomic E-state index is 0.0517. The normalized spacial score (nSPS) is 10.0. The highest BCUT2D eigenvalue weighted by Gasteiger charge is 2.08. The number of carbonyl (C=O) groups is 1. The van der Waals surface area contributed by atoms with Gasteiger partial charge >= 0.3 is 0 Å². The Balaban J connectivity index is 2.33. The molecule has 0 radical (unpaired) electrons. The summed E-state index contributed by atoms with van der Waals surface area (Å²) in [7, 11) is 3.27. The van der Waals surface area contributed by atoms with Gasteiger partial charge in [-0.25, -0.2) is 0 Å². The molecule has 0 unspecified atom stereocenters. The first kappa shape index (κ1) is 11.7. The molecule has 2 aromatic rings.